The molecule has 0 saturated carbocycles. The summed E-state index contributed by atoms with van der Waals surface area (Å²) in [5, 5.41) is 3.04. The molecule has 0 aliphatic carbocycles. The molecule has 0 radical (unpaired) electrons. The van der Waals surface area contributed by atoms with Gasteiger partial charge in [0.05, 0.1) is 29.7 Å². The van der Waals surface area contributed by atoms with Crippen molar-refractivity contribution in [2.45, 2.75) is 45.3 Å². The lowest BCUT2D eigenvalue weighted by molar-refractivity contribution is -0.782. The van der Waals surface area contributed by atoms with E-state index in [-0.39, 0.29) is 28.9 Å². The van der Waals surface area contributed by atoms with E-state index >= 15 is 0 Å². The van der Waals surface area contributed by atoms with Crippen molar-refractivity contribution in [1.82, 2.24) is 9.55 Å². The average Bonchev–Trinajstić information content (AvgIpc) is 3.47. The number of para-hydroxylation sites is 4. The molecule has 3 amide bonds. The van der Waals surface area contributed by atoms with Gasteiger partial charge < -0.3 is 9.30 Å². The van der Waals surface area contributed by atoms with Gasteiger partial charge in [-0.15, -0.1) is 0 Å². The molecule has 3 aromatic carbocycles. The molecular formula is C30H33N4O3+. The Morgan fingerprint density at radius 3 is 2.51 bits per heavy atom. The Morgan fingerprint density at radius 1 is 1.03 bits per heavy atom. The molecule has 1 saturated heterocycles. The highest BCUT2D eigenvalue weighted by Gasteiger charge is 2.52. The summed E-state index contributed by atoms with van der Waals surface area (Å²) in [4.78, 5) is 32.3. The Kier molecular flexibility index (Phi) is 7.06. The number of hydrogen-bond acceptors (Lipinski definition) is 4. The smallest absolute Gasteiger partial charge is 0.428 e. The minimum absolute atomic E-state index is 0.0720. The van der Waals surface area contributed by atoms with Crippen LogP contribution in [0, 0.1) is 0 Å². The molecule has 7 nitrogen and oxygen atoms in total. The van der Waals surface area contributed by atoms with E-state index in [1.165, 1.54) is 0 Å². The number of quaternary nitrogens is 1. The monoisotopic (exact) mass is 497 g/mol. The summed E-state index contributed by atoms with van der Waals surface area (Å²) in [7, 11) is 1.97. The quantitative estimate of drug-likeness (QED) is 0.326. The highest BCUT2D eigenvalue weighted by atomic mass is 16.5. The third kappa shape index (κ3) is 4.87. The van der Waals surface area contributed by atoms with Crippen LogP contribution in [0.25, 0.3) is 11.0 Å². The number of ether oxygens (including phenoxy) is 1. The largest absolute Gasteiger partial charge is 0.487 e. The first-order chi connectivity index (χ1) is 18.0. The first-order valence-corrected chi connectivity index (χ1v) is 12.9. The maximum Gasteiger partial charge on any atom is 0.428 e. The number of benzene rings is 3. The zero-order valence-electron chi connectivity index (χ0n) is 21.4. The molecular weight excluding hydrogens is 464 g/mol. The second-order valence-corrected chi connectivity index (χ2v) is 9.75. The van der Waals surface area contributed by atoms with Crippen molar-refractivity contribution in [3.63, 3.8) is 0 Å². The number of imidazole rings is 1. The van der Waals surface area contributed by atoms with Crippen LogP contribution < -0.4 is 10.1 Å². The van der Waals surface area contributed by atoms with Crippen molar-refractivity contribution in [2.24, 2.45) is 7.05 Å². The molecule has 1 aromatic heterocycles. The van der Waals surface area contributed by atoms with Crippen molar-refractivity contribution in [3.05, 3.63) is 90.3 Å². The Bertz CT molecular complexity index is 1410. The van der Waals surface area contributed by atoms with E-state index in [0.717, 1.165) is 35.3 Å². The van der Waals surface area contributed by atoms with E-state index in [0.29, 0.717) is 31.0 Å². The molecule has 1 N–H and O–H groups in total. The number of likely N-dealkylation sites (tertiary alicyclic amines) is 1. The van der Waals surface area contributed by atoms with Crippen molar-refractivity contribution in [1.29, 1.82) is 0 Å². The SMILES string of the molecule is C[C@@H]1CCC[N+]1(C(=O)CCc1nc2ccccc2n1C)C(=O)Nc1ccccc1OCc1ccccc1. The minimum atomic E-state index is -0.296. The Labute approximate surface area is 217 Å². The second kappa shape index (κ2) is 10.6. The number of nitrogens with zero attached hydrogens (tertiary/aromatic N) is 3. The highest BCUT2D eigenvalue weighted by molar-refractivity contribution is 5.93. The fourth-order valence-corrected chi connectivity index (χ4v) is 5.35. The first-order valence-electron chi connectivity index (χ1n) is 12.9. The molecule has 1 fully saturated rings. The molecule has 2 heterocycles. The molecule has 4 aromatic rings. The normalized spacial score (nSPS) is 19.1. The number of rotatable bonds is 7. The van der Waals surface area contributed by atoms with Gasteiger partial charge in [0.1, 0.15) is 24.2 Å². The minimum Gasteiger partial charge on any atom is -0.487 e. The number of imide groups is 1. The topological polar surface area (TPSA) is 73.2 Å². The van der Waals surface area contributed by atoms with Gasteiger partial charge in [-0.2, -0.15) is 4.48 Å². The molecule has 5 rings (SSSR count). The zero-order valence-corrected chi connectivity index (χ0v) is 21.4. The molecule has 0 spiro atoms. The Morgan fingerprint density at radius 2 is 1.76 bits per heavy atom. The summed E-state index contributed by atoms with van der Waals surface area (Å²) in [5.41, 5.74) is 3.56. The number of fused-ring (bicyclic) bond motifs is 1. The number of amides is 3. The highest BCUT2D eigenvalue weighted by Crippen LogP contribution is 2.32. The van der Waals surface area contributed by atoms with Crippen LogP contribution in [0.5, 0.6) is 5.75 Å². The zero-order chi connectivity index (χ0) is 25.8. The standard InChI is InChI=1S/C30H32N4O3/c1-22-11-10-20-34(22,29(35)19-18-28-31-24-14-6-8-16-26(24)33(28)2)30(36)32-25-15-7-9-17-27(25)37-21-23-12-4-3-5-13-23/h3-9,12-17,22H,10-11,18-21H2,1-2H3/p+1/t22-,34?/m1/s1. The predicted octanol–water partition coefficient (Wildman–Crippen LogP) is 5.84. The van der Waals surface area contributed by atoms with E-state index in [2.05, 4.69) is 5.32 Å². The average molecular weight is 498 g/mol. The molecule has 1 aliphatic rings. The number of hydrogen-bond donors (Lipinski definition) is 1. The molecule has 7 heteroatoms. The fraction of sp³-hybridized carbons (Fsp3) is 0.300. The van der Waals surface area contributed by atoms with E-state index < -0.39 is 0 Å². The third-order valence-corrected chi connectivity index (χ3v) is 7.50. The number of aromatic nitrogens is 2. The molecule has 0 bridgehead atoms. The van der Waals surface area contributed by atoms with Crippen molar-refractivity contribution in [2.75, 3.05) is 11.9 Å². The van der Waals surface area contributed by atoms with Gasteiger partial charge in [-0.05, 0) is 36.8 Å². The van der Waals surface area contributed by atoms with Crippen LogP contribution in [0.1, 0.15) is 37.6 Å². The number of anilines is 1. The van der Waals surface area contributed by atoms with Crippen LogP contribution >= 0.6 is 0 Å². The summed E-state index contributed by atoms with van der Waals surface area (Å²) >= 11 is 0. The van der Waals surface area contributed by atoms with Crippen LogP contribution in [0.2, 0.25) is 0 Å². The van der Waals surface area contributed by atoms with E-state index in [4.69, 9.17) is 9.72 Å². The van der Waals surface area contributed by atoms with Crippen LogP contribution in [0.3, 0.4) is 0 Å². The van der Waals surface area contributed by atoms with Gasteiger partial charge in [-0.25, -0.2) is 14.6 Å². The number of urea groups is 1. The molecule has 1 unspecified atom stereocenters. The summed E-state index contributed by atoms with van der Waals surface area (Å²) < 4.78 is 7.87. The van der Waals surface area contributed by atoms with Crippen molar-refractivity contribution >= 4 is 28.7 Å². The van der Waals surface area contributed by atoms with Crippen LogP contribution in [-0.2, 0) is 24.9 Å². The Hall–Kier alpha value is -3.97. The third-order valence-electron chi connectivity index (χ3n) is 7.50. The number of carbonyl (C=O) groups is 2. The number of carbonyl (C=O) groups excluding carboxylic acids is 2. The van der Waals surface area contributed by atoms with E-state index in [9.17, 15) is 9.59 Å². The van der Waals surface area contributed by atoms with Gasteiger partial charge >= 0.3 is 11.9 Å². The molecule has 190 valence electrons. The second-order valence-electron chi connectivity index (χ2n) is 9.75. The number of nitrogens with one attached hydrogen (secondary N) is 1. The predicted molar refractivity (Wildman–Crippen MR) is 144 cm³/mol. The van der Waals surface area contributed by atoms with Gasteiger partial charge in [0.2, 0.25) is 0 Å². The molecule has 37 heavy (non-hydrogen) atoms. The maximum absolute atomic E-state index is 13.8. The van der Waals surface area contributed by atoms with Crippen molar-refractivity contribution < 1.29 is 18.8 Å². The number of aryl methyl sites for hydroxylation is 2. The van der Waals surface area contributed by atoms with Gasteiger partial charge in [0.15, 0.2) is 0 Å². The van der Waals surface area contributed by atoms with Crippen LogP contribution in [0.4, 0.5) is 10.5 Å². The van der Waals surface area contributed by atoms with Crippen LogP contribution in [0.15, 0.2) is 78.9 Å². The lowest BCUT2D eigenvalue weighted by atomic mass is 10.2. The van der Waals surface area contributed by atoms with Gasteiger partial charge in [-0.1, -0.05) is 54.6 Å². The van der Waals surface area contributed by atoms with Crippen molar-refractivity contribution in [3.8, 4) is 5.75 Å². The molecule has 1 aliphatic heterocycles. The first kappa shape index (κ1) is 24.7. The summed E-state index contributed by atoms with van der Waals surface area (Å²) in [6.07, 6.45) is 2.40. The van der Waals surface area contributed by atoms with E-state index in [1.807, 2.05) is 97.4 Å². The van der Waals surface area contributed by atoms with Gasteiger partial charge in [0, 0.05) is 26.3 Å². The Balaban J connectivity index is 1.33. The van der Waals surface area contributed by atoms with E-state index in [1.54, 1.807) is 0 Å². The van der Waals surface area contributed by atoms with Gasteiger partial charge in [-0.3, -0.25) is 5.32 Å². The summed E-state index contributed by atoms with van der Waals surface area (Å²) in [5.74, 6) is 1.36. The lowest BCUT2D eigenvalue weighted by Crippen LogP contribution is -2.60. The summed E-state index contributed by atoms with van der Waals surface area (Å²) in [6, 6.07) is 24.8. The van der Waals surface area contributed by atoms with Crippen LogP contribution in [-0.4, -0.2) is 38.6 Å². The maximum atomic E-state index is 13.8. The fourth-order valence-electron chi connectivity index (χ4n) is 5.35. The molecule has 2 atom stereocenters. The lowest BCUT2D eigenvalue weighted by Gasteiger charge is -2.33. The van der Waals surface area contributed by atoms with Gasteiger partial charge in [0.25, 0.3) is 0 Å². The summed E-state index contributed by atoms with van der Waals surface area (Å²) in [6.45, 7) is 2.89.